The minimum Gasteiger partial charge on any atom is -0.394 e. The zero-order valence-corrected chi connectivity index (χ0v) is 6.37. The van der Waals surface area contributed by atoms with Crippen molar-refractivity contribution in [1.29, 1.82) is 0 Å². The highest BCUT2D eigenvalue weighted by atomic mass is 16.6. The number of nitrogens with two attached hydrogens (primary N) is 1. The van der Waals surface area contributed by atoms with Gasteiger partial charge in [-0.3, -0.25) is 0 Å². The van der Waals surface area contributed by atoms with Crippen LogP contribution < -0.4 is 5.73 Å². The van der Waals surface area contributed by atoms with Gasteiger partial charge in [0.15, 0.2) is 6.29 Å². The van der Waals surface area contributed by atoms with E-state index in [1.807, 2.05) is 0 Å². The predicted molar refractivity (Wildman–Crippen MR) is 38.0 cm³/mol. The quantitative estimate of drug-likeness (QED) is 0.288. The van der Waals surface area contributed by atoms with E-state index in [2.05, 4.69) is 0 Å². The summed E-state index contributed by atoms with van der Waals surface area (Å²) in [6, 6.07) is -1.04. The van der Waals surface area contributed by atoms with Gasteiger partial charge in [-0.1, -0.05) is 0 Å². The standard InChI is InChI=1S/C6H13NO5/c7-3-5(10)4(9)2(1-8)12-6(3)11/h2-6,8-11H,1,7H2/t2-,3?,4+,5-,6?/m1/s1. The van der Waals surface area contributed by atoms with Crippen molar-refractivity contribution in [3.05, 3.63) is 0 Å². The largest absolute Gasteiger partial charge is 0.394 e. The summed E-state index contributed by atoms with van der Waals surface area (Å²) in [6.07, 6.45) is -4.85. The normalized spacial score (nSPS) is 49.2. The molecular weight excluding hydrogens is 166 g/mol. The molecule has 6 nitrogen and oxygen atoms in total. The Morgan fingerprint density at radius 2 is 1.75 bits per heavy atom. The van der Waals surface area contributed by atoms with Crippen LogP contribution in [0.4, 0.5) is 0 Å². The van der Waals surface area contributed by atoms with Crippen LogP contribution in [0.15, 0.2) is 0 Å². The van der Waals surface area contributed by atoms with Crippen LogP contribution in [0.5, 0.6) is 0 Å². The molecule has 0 aliphatic carbocycles. The molecule has 1 aliphatic rings. The number of aliphatic hydroxyl groups is 4. The lowest BCUT2D eigenvalue weighted by molar-refractivity contribution is -0.248. The van der Waals surface area contributed by atoms with Crippen molar-refractivity contribution in [3.8, 4) is 0 Å². The third-order valence-electron chi connectivity index (χ3n) is 1.95. The second-order valence-corrected chi connectivity index (χ2v) is 2.81. The molecule has 0 aromatic carbocycles. The Balaban J connectivity index is 2.63. The molecule has 1 heterocycles. The van der Waals surface area contributed by atoms with E-state index in [-0.39, 0.29) is 0 Å². The van der Waals surface area contributed by atoms with Gasteiger partial charge in [-0.2, -0.15) is 0 Å². The van der Waals surface area contributed by atoms with Gasteiger partial charge in [0.2, 0.25) is 0 Å². The molecule has 6 N–H and O–H groups in total. The number of hydrogen-bond acceptors (Lipinski definition) is 6. The van der Waals surface area contributed by atoms with Crippen molar-refractivity contribution in [2.75, 3.05) is 6.61 Å². The van der Waals surface area contributed by atoms with Gasteiger partial charge < -0.3 is 30.9 Å². The fourth-order valence-electron chi connectivity index (χ4n) is 1.12. The topological polar surface area (TPSA) is 116 Å². The second-order valence-electron chi connectivity index (χ2n) is 2.81. The van der Waals surface area contributed by atoms with Gasteiger partial charge in [-0.25, -0.2) is 0 Å². The third kappa shape index (κ3) is 1.58. The third-order valence-corrected chi connectivity index (χ3v) is 1.95. The minimum absolute atomic E-state index is 0.470. The van der Waals surface area contributed by atoms with E-state index < -0.39 is 37.3 Å². The molecule has 72 valence electrons. The van der Waals surface area contributed by atoms with Crippen molar-refractivity contribution in [2.45, 2.75) is 30.6 Å². The SMILES string of the molecule is NC1C(O)O[C@H](CO)[C@H](O)[C@@H]1O. The van der Waals surface area contributed by atoms with E-state index in [9.17, 15) is 10.2 Å². The molecule has 5 atom stereocenters. The summed E-state index contributed by atoms with van der Waals surface area (Å²) in [5.41, 5.74) is 5.26. The van der Waals surface area contributed by atoms with Crippen molar-refractivity contribution < 1.29 is 25.2 Å². The Morgan fingerprint density at radius 3 is 2.25 bits per heavy atom. The zero-order chi connectivity index (χ0) is 9.30. The van der Waals surface area contributed by atoms with E-state index >= 15 is 0 Å². The van der Waals surface area contributed by atoms with E-state index in [4.69, 9.17) is 20.7 Å². The Kier molecular flexibility index (Phi) is 2.99. The fraction of sp³-hybridized carbons (Fsp3) is 1.00. The maximum atomic E-state index is 9.20. The van der Waals surface area contributed by atoms with E-state index in [1.54, 1.807) is 0 Å². The number of ether oxygens (including phenoxy) is 1. The molecule has 0 spiro atoms. The van der Waals surface area contributed by atoms with Crippen LogP contribution in [-0.4, -0.2) is 57.7 Å². The first-order valence-electron chi connectivity index (χ1n) is 3.64. The lowest BCUT2D eigenvalue weighted by Gasteiger charge is -2.38. The Bertz CT molecular complexity index is 150. The first kappa shape index (κ1) is 9.85. The van der Waals surface area contributed by atoms with Gasteiger partial charge in [0, 0.05) is 0 Å². The summed E-state index contributed by atoms with van der Waals surface area (Å²) < 4.78 is 4.70. The maximum absolute atomic E-state index is 9.20. The average Bonchev–Trinajstić information content (AvgIpc) is 2.08. The summed E-state index contributed by atoms with van der Waals surface area (Å²) in [7, 11) is 0. The van der Waals surface area contributed by atoms with Gasteiger partial charge in [0.1, 0.15) is 18.3 Å². The fourth-order valence-corrected chi connectivity index (χ4v) is 1.12. The minimum atomic E-state index is -1.35. The van der Waals surface area contributed by atoms with E-state index in [1.165, 1.54) is 0 Å². The average molecular weight is 179 g/mol. The predicted octanol–water partition coefficient (Wildman–Crippen LogP) is -3.25. The smallest absolute Gasteiger partial charge is 0.173 e. The summed E-state index contributed by atoms with van der Waals surface area (Å²) in [5, 5.41) is 36.1. The van der Waals surface area contributed by atoms with Gasteiger partial charge >= 0.3 is 0 Å². The second kappa shape index (κ2) is 3.65. The van der Waals surface area contributed by atoms with Crippen molar-refractivity contribution in [1.82, 2.24) is 0 Å². The van der Waals surface area contributed by atoms with Gasteiger partial charge in [0.05, 0.1) is 12.6 Å². The van der Waals surface area contributed by atoms with Gasteiger partial charge in [-0.05, 0) is 0 Å². The highest BCUT2D eigenvalue weighted by Gasteiger charge is 2.41. The van der Waals surface area contributed by atoms with Gasteiger partial charge in [0.25, 0.3) is 0 Å². The van der Waals surface area contributed by atoms with Crippen LogP contribution in [0, 0.1) is 0 Å². The lowest BCUT2D eigenvalue weighted by atomic mass is 9.98. The summed E-state index contributed by atoms with van der Waals surface area (Å²) in [4.78, 5) is 0. The number of aliphatic hydroxyl groups excluding tert-OH is 4. The molecular formula is C6H13NO5. The van der Waals surface area contributed by atoms with Crippen molar-refractivity contribution in [3.63, 3.8) is 0 Å². The monoisotopic (exact) mass is 179 g/mol. The molecule has 12 heavy (non-hydrogen) atoms. The van der Waals surface area contributed by atoms with Crippen molar-refractivity contribution >= 4 is 0 Å². The molecule has 0 saturated carbocycles. The van der Waals surface area contributed by atoms with Crippen LogP contribution in [0.25, 0.3) is 0 Å². The zero-order valence-electron chi connectivity index (χ0n) is 6.37. The van der Waals surface area contributed by atoms with E-state index in [0.29, 0.717) is 0 Å². The van der Waals surface area contributed by atoms with Crippen LogP contribution in [-0.2, 0) is 4.74 Å². The number of hydrogen-bond donors (Lipinski definition) is 5. The molecule has 1 aliphatic heterocycles. The van der Waals surface area contributed by atoms with Crippen molar-refractivity contribution in [2.24, 2.45) is 5.73 Å². The van der Waals surface area contributed by atoms with Crippen LogP contribution >= 0.6 is 0 Å². The summed E-state index contributed by atoms with van der Waals surface area (Å²) in [6.45, 7) is -0.470. The Morgan fingerprint density at radius 1 is 1.17 bits per heavy atom. The molecule has 0 amide bonds. The molecule has 6 heteroatoms. The highest BCUT2D eigenvalue weighted by Crippen LogP contribution is 2.17. The first-order valence-corrected chi connectivity index (χ1v) is 3.64. The molecule has 2 unspecified atom stereocenters. The molecule has 0 radical (unpaired) electrons. The van der Waals surface area contributed by atoms with Crippen LogP contribution in [0.2, 0.25) is 0 Å². The Labute approximate surface area is 69.2 Å². The molecule has 1 fully saturated rings. The summed E-state index contributed by atoms with van der Waals surface area (Å²) >= 11 is 0. The van der Waals surface area contributed by atoms with Gasteiger partial charge in [-0.15, -0.1) is 0 Å². The van der Waals surface area contributed by atoms with Crippen LogP contribution in [0.3, 0.4) is 0 Å². The van der Waals surface area contributed by atoms with Crippen LogP contribution in [0.1, 0.15) is 0 Å². The molecule has 1 rings (SSSR count). The molecule has 0 aromatic heterocycles. The maximum Gasteiger partial charge on any atom is 0.173 e. The Hall–Kier alpha value is -0.240. The molecule has 0 aromatic rings. The molecule has 0 bridgehead atoms. The molecule has 1 saturated heterocycles. The summed E-state index contributed by atoms with van der Waals surface area (Å²) in [5.74, 6) is 0. The highest BCUT2D eigenvalue weighted by molar-refractivity contribution is 4.90. The lowest BCUT2D eigenvalue weighted by Crippen LogP contribution is -2.61. The first-order chi connectivity index (χ1) is 5.57. The number of rotatable bonds is 1. The van der Waals surface area contributed by atoms with E-state index in [0.717, 1.165) is 0 Å².